The summed E-state index contributed by atoms with van der Waals surface area (Å²) in [7, 11) is 1.73. The minimum absolute atomic E-state index is 0.476. The van der Waals surface area contributed by atoms with E-state index in [-0.39, 0.29) is 0 Å². The molecule has 2 unspecified atom stereocenters. The van der Waals surface area contributed by atoms with Gasteiger partial charge >= 0.3 is 0 Å². The maximum Gasteiger partial charge on any atom is 0.0487 e. The first-order chi connectivity index (χ1) is 9.83. The highest BCUT2D eigenvalue weighted by atomic mass is 79.9. The lowest BCUT2D eigenvalue weighted by Crippen LogP contribution is -2.11. The fraction of sp³-hybridized carbons (Fsp3) is 0.647. The van der Waals surface area contributed by atoms with Crippen molar-refractivity contribution in [2.75, 3.05) is 26.9 Å². The fourth-order valence-corrected chi connectivity index (χ4v) is 3.89. The topological polar surface area (TPSA) is 18.5 Å². The van der Waals surface area contributed by atoms with Crippen LogP contribution in [0.25, 0.3) is 0 Å². The van der Waals surface area contributed by atoms with Gasteiger partial charge in [-0.15, -0.1) is 0 Å². The molecule has 2 rings (SSSR count). The predicted molar refractivity (Wildman–Crippen MR) is 86.5 cm³/mol. The zero-order valence-corrected chi connectivity index (χ0v) is 13.9. The van der Waals surface area contributed by atoms with Gasteiger partial charge in [0.15, 0.2) is 0 Å². The van der Waals surface area contributed by atoms with Crippen LogP contribution < -0.4 is 0 Å². The molecule has 0 bridgehead atoms. The molecule has 1 aromatic rings. The molecule has 0 saturated carbocycles. The van der Waals surface area contributed by atoms with E-state index in [1.54, 1.807) is 7.11 Å². The number of hydrogen-bond acceptors (Lipinski definition) is 2. The van der Waals surface area contributed by atoms with Crippen molar-refractivity contribution in [3.8, 4) is 0 Å². The van der Waals surface area contributed by atoms with Gasteiger partial charge in [0, 0.05) is 31.8 Å². The first kappa shape index (κ1) is 16.0. The van der Waals surface area contributed by atoms with Crippen LogP contribution in [0.3, 0.4) is 0 Å². The van der Waals surface area contributed by atoms with Gasteiger partial charge in [-0.1, -0.05) is 40.2 Å². The number of benzene rings is 1. The summed E-state index contributed by atoms with van der Waals surface area (Å²) in [5.41, 5.74) is 2.99. The van der Waals surface area contributed by atoms with Crippen LogP contribution in [0.1, 0.15) is 41.6 Å². The molecule has 0 spiro atoms. The summed E-state index contributed by atoms with van der Waals surface area (Å²) < 4.78 is 10.7. The highest BCUT2D eigenvalue weighted by molar-refractivity contribution is 9.09. The summed E-state index contributed by atoms with van der Waals surface area (Å²) in [6.07, 6.45) is 5.90. The van der Waals surface area contributed by atoms with Gasteiger partial charge in [0.25, 0.3) is 0 Å². The van der Waals surface area contributed by atoms with E-state index < -0.39 is 0 Å². The zero-order valence-electron chi connectivity index (χ0n) is 12.3. The molecule has 3 heteroatoms. The minimum Gasteiger partial charge on any atom is -0.385 e. The number of rotatable bonds is 7. The van der Waals surface area contributed by atoms with E-state index in [0.29, 0.717) is 10.7 Å². The van der Waals surface area contributed by atoms with Crippen LogP contribution in [0.2, 0.25) is 0 Å². The average molecular weight is 341 g/mol. The monoisotopic (exact) mass is 340 g/mol. The van der Waals surface area contributed by atoms with E-state index in [4.69, 9.17) is 9.47 Å². The molecular formula is C17H25BrO2. The van der Waals surface area contributed by atoms with E-state index in [1.807, 2.05) is 0 Å². The third-order valence-corrected chi connectivity index (χ3v) is 5.30. The Morgan fingerprint density at radius 2 is 2.05 bits per heavy atom. The van der Waals surface area contributed by atoms with Crippen molar-refractivity contribution in [2.24, 2.45) is 5.92 Å². The van der Waals surface area contributed by atoms with Crippen molar-refractivity contribution >= 4 is 15.9 Å². The molecule has 1 aliphatic rings. The number of methoxy groups -OCH3 is 1. The summed E-state index contributed by atoms with van der Waals surface area (Å²) in [6.45, 7) is 2.46. The number of halogens is 1. The van der Waals surface area contributed by atoms with Gasteiger partial charge in [0.05, 0.1) is 0 Å². The molecule has 0 fully saturated rings. The lowest BCUT2D eigenvalue weighted by Gasteiger charge is -2.21. The predicted octanol–water partition coefficient (Wildman–Crippen LogP) is 4.52. The summed E-state index contributed by atoms with van der Waals surface area (Å²) >= 11 is 3.92. The number of ether oxygens (including phenoxy) is 2. The molecule has 0 amide bonds. The zero-order chi connectivity index (χ0) is 14.2. The Morgan fingerprint density at radius 1 is 1.20 bits per heavy atom. The lowest BCUT2D eigenvalue weighted by molar-refractivity contribution is 0.0928. The van der Waals surface area contributed by atoms with Crippen molar-refractivity contribution in [1.82, 2.24) is 0 Å². The van der Waals surface area contributed by atoms with Gasteiger partial charge < -0.3 is 9.47 Å². The summed E-state index contributed by atoms with van der Waals surface area (Å²) in [5.74, 6) is 0.682. The van der Waals surface area contributed by atoms with E-state index in [0.717, 1.165) is 32.7 Å². The Kier molecular flexibility index (Phi) is 7.05. The summed E-state index contributed by atoms with van der Waals surface area (Å²) in [5, 5.41) is 0. The van der Waals surface area contributed by atoms with Crippen molar-refractivity contribution in [2.45, 2.75) is 36.9 Å². The molecule has 0 N–H and O–H groups in total. The molecule has 2 nitrogen and oxygen atoms in total. The normalized spacial score (nSPS) is 22.3. The Labute approximate surface area is 131 Å². The fourth-order valence-electron chi connectivity index (χ4n) is 2.92. The molecule has 0 heterocycles. The largest absolute Gasteiger partial charge is 0.385 e. The highest BCUT2D eigenvalue weighted by Crippen LogP contribution is 2.40. The highest BCUT2D eigenvalue weighted by Gasteiger charge is 2.25. The molecular weight excluding hydrogens is 316 g/mol. The molecule has 0 saturated heterocycles. The lowest BCUT2D eigenvalue weighted by atomic mass is 9.94. The standard InChI is InChI=1S/C17H25BrO2/c1-19-11-5-12-20-13-10-15-8-4-7-14-6-2-3-9-16(14)17(15)18/h2-3,6,9,15,17H,4-5,7-8,10-13H2,1H3. The van der Waals surface area contributed by atoms with Gasteiger partial charge in [-0.25, -0.2) is 0 Å². The van der Waals surface area contributed by atoms with Crippen LogP contribution in [0, 0.1) is 5.92 Å². The van der Waals surface area contributed by atoms with Crippen LogP contribution >= 0.6 is 15.9 Å². The Bertz CT molecular complexity index is 394. The third-order valence-electron chi connectivity index (χ3n) is 4.06. The molecule has 0 radical (unpaired) electrons. The van der Waals surface area contributed by atoms with E-state index in [1.165, 1.54) is 30.4 Å². The second-order valence-electron chi connectivity index (χ2n) is 5.50. The van der Waals surface area contributed by atoms with Crippen LogP contribution in [0.4, 0.5) is 0 Å². The van der Waals surface area contributed by atoms with Crippen molar-refractivity contribution < 1.29 is 9.47 Å². The van der Waals surface area contributed by atoms with Crippen LogP contribution in [-0.4, -0.2) is 26.9 Å². The van der Waals surface area contributed by atoms with Gasteiger partial charge in [-0.3, -0.25) is 0 Å². The second-order valence-corrected chi connectivity index (χ2v) is 6.49. The first-order valence-corrected chi connectivity index (χ1v) is 8.53. The van der Waals surface area contributed by atoms with Crippen molar-refractivity contribution in [3.05, 3.63) is 35.4 Å². The maximum absolute atomic E-state index is 5.71. The molecule has 0 aromatic heterocycles. The average Bonchev–Trinajstić information content (AvgIpc) is 2.63. The molecule has 20 heavy (non-hydrogen) atoms. The summed E-state index contributed by atoms with van der Waals surface area (Å²) in [4.78, 5) is 0.476. The molecule has 1 aliphatic carbocycles. The maximum atomic E-state index is 5.71. The van der Waals surface area contributed by atoms with E-state index >= 15 is 0 Å². The van der Waals surface area contributed by atoms with Crippen molar-refractivity contribution in [1.29, 1.82) is 0 Å². The van der Waals surface area contributed by atoms with Gasteiger partial charge in [-0.05, 0) is 49.1 Å². The second kappa shape index (κ2) is 8.81. The van der Waals surface area contributed by atoms with Crippen molar-refractivity contribution in [3.63, 3.8) is 0 Å². The summed E-state index contributed by atoms with van der Waals surface area (Å²) in [6, 6.07) is 8.84. The SMILES string of the molecule is COCCCOCCC1CCCc2ccccc2C1Br. The molecule has 0 aliphatic heterocycles. The van der Waals surface area contributed by atoms with Gasteiger partial charge in [0.1, 0.15) is 0 Å². The number of aryl methyl sites for hydroxylation is 1. The van der Waals surface area contributed by atoms with Gasteiger partial charge in [-0.2, -0.15) is 0 Å². The Morgan fingerprint density at radius 3 is 2.90 bits per heavy atom. The van der Waals surface area contributed by atoms with Crippen LogP contribution in [0.5, 0.6) is 0 Å². The smallest absolute Gasteiger partial charge is 0.0487 e. The molecule has 1 aromatic carbocycles. The van der Waals surface area contributed by atoms with Crippen LogP contribution in [0.15, 0.2) is 24.3 Å². The Balaban J connectivity index is 1.80. The quantitative estimate of drug-likeness (QED) is 0.412. The van der Waals surface area contributed by atoms with Gasteiger partial charge in [0.2, 0.25) is 0 Å². The minimum atomic E-state index is 0.476. The molecule has 2 atom stereocenters. The Hall–Kier alpha value is -0.380. The number of hydrogen-bond donors (Lipinski definition) is 0. The number of alkyl halides is 1. The third kappa shape index (κ3) is 4.57. The van der Waals surface area contributed by atoms with Crippen LogP contribution in [-0.2, 0) is 15.9 Å². The number of fused-ring (bicyclic) bond motifs is 1. The molecule has 112 valence electrons. The first-order valence-electron chi connectivity index (χ1n) is 7.61. The van der Waals surface area contributed by atoms with E-state index in [2.05, 4.69) is 40.2 Å². The van der Waals surface area contributed by atoms with E-state index in [9.17, 15) is 0 Å².